The Morgan fingerprint density at radius 3 is 2.50 bits per heavy atom. The summed E-state index contributed by atoms with van der Waals surface area (Å²) in [4.78, 5) is 10.7. The first-order chi connectivity index (χ1) is 5.51. The largest absolute Gasteiger partial charge is 0.505 e. The molecule has 0 amide bonds. The quantitative estimate of drug-likeness (QED) is 0.653. The fourth-order valence-electron chi connectivity index (χ4n) is 1.67. The lowest BCUT2D eigenvalue weighted by Crippen LogP contribution is -2.02. The van der Waals surface area contributed by atoms with Crippen LogP contribution in [0, 0.1) is 17.3 Å². The molecule has 0 spiro atoms. The van der Waals surface area contributed by atoms with Crippen molar-refractivity contribution in [2.75, 3.05) is 7.11 Å². The summed E-state index contributed by atoms with van der Waals surface area (Å²) in [5, 5.41) is 8.78. The maximum atomic E-state index is 10.7. The monoisotopic (exact) mass is 170 g/mol. The molecule has 0 radical (unpaired) electrons. The van der Waals surface area contributed by atoms with Crippen molar-refractivity contribution < 1.29 is 14.6 Å². The summed E-state index contributed by atoms with van der Waals surface area (Å²) >= 11 is 0. The highest BCUT2D eigenvalue weighted by molar-refractivity contribution is 5.76. The number of aliphatic carboxylic acids is 1. The van der Waals surface area contributed by atoms with Gasteiger partial charge in [-0.05, 0) is 17.4 Å². The number of hydrogen-bond donors (Lipinski definition) is 1. The molecule has 0 heterocycles. The van der Waals surface area contributed by atoms with E-state index in [1.54, 1.807) is 13.4 Å². The zero-order valence-electron chi connectivity index (χ0n) is 7.57. The lowest BCUT2D eigenvalue weighted by molar-refractivity contribution is -0.139. The molecule has 1 rings (SSSR count). The van der Waals surface area contributed by atoms with Gasteiger partial charge in [-0.1, -0.05) is 13.8 Å². The lowest BCUT2D eigenvalue weighted by Gasteiger charge is -1.96. The van der Waals surface area contributed by atoms with Gasteiger partial charge in [-0.15, -0.1) is 0 Å². The molecule has 2 atom stereocenters. The van der Waals surface area contributed by atoms with Crippen molar-refractivity contribution in [2.45, 2.75) is 13.8 Å². The first-order valence-corrected chi connectivity index (χ1v) is 3.94. The molecule has 3 heteroatoms. The second-order valence-electron chi connectivity index (χ2n) is 3.73. The van der Waals surface area contributed by atoms with Gasteiger partial charge in [0.05, 0.1) is 19.3 Å². The normalized spacial score (nSPS) is 31.9. The molecule has 0 aromatic heterocycles. The Balaban J connectivity index is 2.60. The molecule has 0 aromatic rings. The van der Waals surface area contributed by atoms with Crippen molar-refractivity contribution in [3.63, 3.8) is 0 Å². The van der Waals surface area contributed by atoms with E-state index < -0.39 is 5.97 Å². The summed E-state index contributed by atoms with van der Waals surface area (Å²) in [5.41, 5.74) is -0.110. The van der Waals surface area contributed by atoms with Crippen LogP contribution < -0.4 is 0 Å². The van der Waals surface area contributed by atoms with Crippen molar-refractivity contribution in [1.29, 1.82) is 0 Å². The topological polar surface area (TPSA) is 46.5 Å². The van der Waals surface area contributed by atoms with E-state index in [1.807, 2.05) is 19.9 Å². The van der Waals surface area contributed by atoms with Gasteiger partial charge in [0.15, 0.2) is 0 Å². The van der Waals surface area contributed by atoms with Gasteiger partial charge in [0, 0.05) is 0 Å². The predicted molar refractivity (Wildman–Crippen MR) is 44.5 cm³/mol. The van der Waals surface area contributed by atoms with Crippen LogP contribution >= 0.6 is 0 Å². The molecular formula is C9H14O3. The van der Waals surface area contributed by atoms with Gasteiger partial charge in [-0.3, -0.25) is 4.79 Å². The molecule has 0 aliphatic heterocycles. The highest BCUT2D eigenvalue weighted by atomic mass is 16.5. The van der Waals surface area contributed by atoms with Crippen molar-refractivity contribution in [3.8, 4) is 0 Å². The molecule has 1 saturated carbocycles. The summed E-state index contributed by atoms with van der Waals surface area (Å²) < 4.78 is 4.74. The van der Waals surface area contributed by atoms with E-state index in [0.29, 0.717) is 0 Å². The third-order valence-corrected chi connectivity index (χ3v) is 2.60. The minimum absolute atomic E-state index is 0.110. The van der Waals surface area contributed by atoms with E-state index in [4.69, 9.17) is 9.84 Å². The van der Waals surface area contributed by atoms with E-state index in [2.05, 4.69) is 0 Å². The van der Waals surface area contributed by atoms with E-state index in [1.165, 1.54) is 0 Å². The Morgan fingerprint density at radius 2 is 2.17 bits per heavy atom. The van der Waals surface area contributed by atoms with E-state index in [9.17, 15) is 4.79 Å². The van der Waals surface area contributed by atoms with Crippen LogP contribution in [0.4, 0.5) is 0 Å². The molecule has 1 N–H and O–H groups in total. The predicted octanol–water partition coefficient (Wildman–Crippen LogP) is 1.50. The minimum atomic E-state index is -0.717. The zero-order chi connectivity index (χ0) is 9.35. The molecular weight excluding hydrogens is 156 g/mol. The van der Waals surface area contributed by atoms with Gasteiger partial charge >= 0.3 is 5.97 Å². The van der Waals surface area contributed by atoms with Crippen molar-refractivity contribution in [3.05, 3.63) is 12.3 Å². The van der Waals surface area contributed by atoms with E-state index in [-0.39, 0.29) is 17.3 Å². The highest BCUT2D eigenvalue weighted by Crippen LogP contribution is 2.58. The molecule has 1 aliphatic rings. The molecule has 0 saturated heterocycles. The molecule has 3 nitrogen and oxygen atoms in total. The van der Waals surface area contributed by atoms with Gasteiger partial charge in [0.2, 0.25) is 0 Å². The third kappa shape index (κ3) is 1.31. The van der Waals surface area contributed by atoms with Crippen molar-refractivity contribution >= 4 is 5.97 Å². The molecule has 12 heavy (non-hydrogen) atoms. The van der Waals surface area contributed by atoms with Crippen LogP contribution in [0.3, 0.4) is 0 Å². The Kier molecular flexibility index (Phi) is 2.13. The van der Waals surface area contributed by atoms with E-state index in [0.717, 1.165) is 0 Å². The molecule has 68 valence electrons. The molecule has 1 fully saturated rings. The van der Waals surface area contributed by atoms with Crippen LogP contribution in [-0.2, 0) is 9.53 Å². The van der Waals surface area contributed by atoms with Crippen LogP contribution in [0.2, 0.25) is 0 Å². The highest BCUT2D eigenvalue weighted by Gasteiger charge is 2.60. The fraction of sp³-hybridized carbons (Fsp3) is 0.667. The minimum Gasteiger partial charge on any atom is -0.505 e. The molecule has 0 aromatic carbocycles. The van der Waals surface area contributed by atoms with Crippen LogP contribution in [0.25, 0.3) is 0 Å². The number of methoxy groups -OCH3 is 1. The second-order valence-corrected chi connectivity index (χ2v) is 3.73. The average molecular weight is 170 g/mol. The third-order valence-electron chi connectivity index (χ3n) is 2.60. The Hall–Kier alpha value is -0.990. The second kappa shape index (κ2) is 2.81. The molecule has 0 unspecified atom stereocenters. The standard InChI is InChI=1S/C9H14O3/c1-9(2)6(4-5-12-3)7(9)8(10)11/h4-7H,1-3H3,(H,10,11)/b5-4+/t6-,7+/m1/s1. The zero-order valence-corrected chi connectivity index (χ0v) is 7.57. The Morgan fingerprint density at radius 1 is 1.58 bits per heavy atom. The summed E-state index contributed by atoms with van der Waals surface area (Å²) in [7, 11) is 1.56. The van der Waals surface area contributed by atoms with Crippen molar-refractivity contribution in [2.24, 2.45) is 17.3 Å². The Labute approximate surface area is 72.0 Å². The number of rotatable bonds is 3. The molecule has 1 aliphatic carbocycles. The van der Waals surface area contributed by atoms with Gasteiger partial charge in [0.1, 0.15) is 0 Å². The first kappa shape index (κ1) is 9.10. The summed E-state index contributed by atoms with van der Waals surface area (Å²) in [6.45, 7) is 3.91. The van der Waals surface area contributed by atoms with Crippen molar-refractivity contribution in [1.82, 2.24) is 0 Å². The van der Waals surface area contributed by atoms with E-state index >= 15 is 0 Å². The van der Waals surface area contributed by atoms with Gasteiger partial charge in [-0.25, -0.2) is 0 Å². The number of ether oxygens (including phenoxy) is 1. The molecule has 0 bridgehead atoms. The summed E-state index contributed by atoms with van der Waals surface area (Å²) in [6, 6.07) is 0. The van der Waals surface area contributed by atoms with Crippen LogP contribution in [0.5, 0.6) is 0 Å². The first-order valence-electron chi connectivity index (χ1n) is 3.94. The lowest BCUT2D eigenvalue weighted by atomic mass is 10.1. The smallest absolute Gasteiger partial charge is 0.307 e. The maximum absolute atomic E-state index is 10.7. The maximum Gasteiger partial charge on any atom is 0.307 e. The number of allylic oxidation sites excluding steroid dienone is 1. The number of carboxylic acids is 1. The van der Waals surface area contributed by atoms with Crippen LogP contribution in [0.1, 0.15) is 13.8 Å². The number of carbonyl (C=O) groups is 1. The average Bonchev–Trinajstić information content (AvgIpc) is 2.49. The van der Waals surface area contributed by atoms with Gasteiger partial charge < -0.3 is 9.84 Å². The summed E-state index contributed by atoms with van der Waals surface area (Å²) in [5.74, 6) is -0.843. The Bertz CT molecular complexity index is 218. The van der Waals surface area contributed by atoms with Gasteiger partial charge in [0.25, 0.3) is 0 Å². The fourth-order valence-corrected chi connectivity index (χ4v) is 1.67. The summed E-state index contributed by atoms with van der Waals surface area (Å²) in [6.07, 6.45) is 3.37. The SMILES string of the molecule is CO/C=C/[C@@H]1[C@@H](C(=O)O)C1(C)C. The van der Waals surface area contributed by atoms with Crippen LogP contribution in [0.15, 0.2) is 12.3 Å². The van der Waals surface area contributed by atoms with Gasteiger partial charge in [-0.2, -0.15) is 0 Å². The number of hydrogen-bond acceptors (Lipinski definition) is 2. The number of carboxylic acid groups (broad SMARTS) is 1. The van der Waals surface area contributed by atoms with Crippen LogP contribution in [-0.4, -0.2) is 18.2 Å².